The summed E-state index contributed by atoms with van der Waals surface area (Å²) in [6.45, 7) is 1.85. The molecule has 23 heavy (non-hydrogen) atoms. The standard InChI is InChI=1S/C16H14FN3O2S/c1-9-8-23-16(18-9)20-14(21)5-2-10-6-11-7-12(17)3-4-13(11)19-15(10)22/h3-4,6-8H,2,5H2,1H3,(H,19,22)(H,18,20,21). The van der Waals surface area contributed by atoms with Crippen molar-refractivity contribution in [2.45, 2.75) is 19.8 Å². The number of nitrogens with zero attached hydrogens (tertiary/aromatic N) is 1. The van der Waals surface area contributed by atoms with E-state index in [4.69, 9.17) is 0 Å². The molecule has 1 aromatic carbocycles. The predicted molar refractivity (Wildman–Crippen MR) is 88.3 cm³/mol. The molecule has 3 aromatic rings. The number of anilines is 1. The first-order valence-corrected chi connectivity index (χ1v) is 7.93. The summed E-state index contributed by atoms with van der Waals surface area (Å²) in [5, 5.41) is 5.69. The highest BCUT2D eigenvalue weighted by Gasteiger charge is 2.09. The summed E-state index contributed by atoms with van der Waals surface area (Å²) in [5.41, 5.74) is 1.61. The number of nitrogens with one attached hydrogen (secondary N) is 2. The van der Waals surface area contributed by atoms with Crippen LogP contribution in [-0.4, -0.2) is 15.9 Å². The Bertz CT molecular complexity index is 932. The lowest BCUT2D eigenvalue weighted by molar-refractivity contribution is -0.116. The molecule has 0 atom stereocenters. The van der Waals surface area contributed by atoms with E-state index in [0.717, 1.165) is 5.69 Å². The molecule has 2 heterocycles. The van der Waals surface area contributed by atoms with E-state index in [-0.39, 0.29) is 30.1 Å². The Labute approximate surface area is 135 Å². The van der Waals surface area contributed by atoms with Crippen molar-refractivity contribution in [3.05, 3.63) is 57.1 Å². The Morgan fingerprint density at radius 1 is 1.39 bits per heavy atom. The van der Waals surface area contributed by atoms with Crippen molar-refractivity contribution in [2.24, 2.45) is 0 Å². The highest BCUT2D eigenvalue weighted by atomic mass is 32.1. The van der Waals surface area contributed by atoms with Crippen LogP contribution in [0, 0.1) is 12.7 Å². The van der Waals surface area contributed by atoms with Gasteiger partial charge in [0, 0.05) is 28.3 Å². The van der Waals surface area contributed by atoms with E-state index in [1.807, 2.05) is 12.3 Å². The minimum atomic E-state index is -0.368. The van der Waals surface area contributed by atoms with Gasteiger partial charge in [0.2, 0.25) is 5.91 Å². The van der Waals surface area contributed by atoms with Crippen molar-refractivity contribution in [1.29, 1.82) is 0 Å². The highest BCUT2D eigenvalue weighted by molar-refractivity contribution is 7.13. The summed E-state index contributed by atoms with van der Waals surface area (Å²) in [4.78, 5) is 30.8. The van der Waals surface area contributed by atoms with Crippen molar-refractivity contribution in [1.82, 2.24) is 9.97 Å². The fraction of sp³-hybridized carbons (Fsp3) is 0.188. The number of fused-ring (bicyclic) bond motifs is 1. The number of carbonyl (C=O) groups is 1. The second-order valence-electron chi connectivity index (χ2n) is 5.20. The zero-order valence-electron chi connectivity index (χ0n) is 12.4. The molecule has 0 fully saturated rings. The molecule has 0 aliphatic heterocycles. The lowest BCUT2D eigenvalue weighted by Gasteiger charge is -2.04. The first kappa shape index (κ1) is 15.4. The van der Waals surface area contributed by atoms with E-state index in [1.165, 1.54) is 29.5 Å². The molecule has 118 valence electrons. The van der Waals surface area contributed by atoms with Crippen LogP contribution in [-0.2, 0) is 11.2 Å². The van der Waals surface area contributed by atoms with Crippen molar-refractivity contribution in [2.75, 3.05) is 5.32 Å². The van der Waals surface area contributed by atoms with E-state index in [1.54, 1.807) is 6.07 Å². The SMILES string of the molecule is Cc1csc(NC(=O)CCc2cc3cc(F)ccc3[nH]c2=O)n1. The Morgan fingerprint density at radius 2 is 2.22 bits per heavy atom. The minimum Gasteiger partial charge on any atom is -0.322 e. The van der Waals surface area contributed by atoms with Crippen molar-refractivity contribution < 1.29 is 9.18 Å². The number of pyridine rings is 1. The van der Waals surface area contributed by atoms with Crippen molar-refractivity contribution in [3.63, 3.8) is 0 Å². The highest BCUT2D eigenvalue weighted by Crippen LogP contribution is 2.16. The van der Waals surface area contributed by atoms with Gasteiger partial charge in [0.15, 0.2) is 5.13 Å². The fourth-order valence-electron chi connectivity index (χ4n) is 2.25. The summed E-state index contributed by atoms with van der Waals surface area (Å²) in [6, 6.07) is 5.79. The molecule has 0 aliphatic carbocycles. The number of thiazole rings is 1. The molecule has 0 saturated heterocycles. The quantitative estimate of drug-likeness (QED) is 0.772. The average Bonchev–Trinajstić information content (AvgIpc) is 2.90. The molecule has 0 bridgehead atoms. The minimum absolute atomic E-state index is 0.155. The van der Waals surface area contributed by atoms with Crippen LogP contribution in [0.25, 0.3) is 10.9 Å². The summed E-state index contributed by atoms with van der Waals surface area (Å²) in [5.74, 6) is -0.578. The predicted octanol–water partition coefficient (Wildman–Crippen LogP) is 3.00. The van der Waals surface area contributed by atoms with E-state index < -0.39 is 0 Å². The molecule has 0 unspecified atom stereocenters. The number of hydrogen-bond donors (Lipinski definition) is 2. The van der Waals surface area contributed by atoms with Crippen LogP contribution in [0.2, 0.25) is 0 Å². The Hall–Kier alpha value is -2.54. The van der Waals surface area contributed by atoms with Gasteiger partial charge in [-0.15, -0.1) is 11.3 Å². The Morgan fingerprint density at radius 3 is 2.96 bits per heavy atom. The molecule has 5 nitrogen and oxygen atoms in total. The lowest BCUT2D eigenvalue weighted by atomic mass is 10.1. The van der Waals surface area contributed by atoms with Gasteiger partial charge in [-0.3, -0.25) is 9.59 Å². The number of H-pyrrole nitrogens is 1. The van der Waals surface area contributed by atoms with E-state index in [0.29, 0.717) is 21.6 Å². The number of hydrogen-bond acceptors (Lipinski definition) is 4. The van der Waals surface area contributed by atoms with Gasteiger partial charge >= 0.3 is 0 Å². The van der Waals surface area contributed by atoms with Crippen molar-refractivity contribution in [3.8, 4) is 0 Å². The monoisotopic (exact) mass is 331 g/mol. The van der Waals surface area contributed by atoms with E-state index in [9.17, 15) is 14.0 Å². The van der Waals surface area contributed by atoms with Gasteiger partial charge in [-0.25, -0.2) is 9.37 Å². The molecule has 2 N–H and O–H groups in total. The van der Waals surface area contributed by atoms with Gasteiger partial charge in [0.25, 0.3) is 5.56 Å². The number of carbonyl (C=O) groups excluding carboxylic acids is 1. The third kappa shape index (κ3) is 3.62. The van der Waals surface area contributed by atoms with Crippen LogP contribution < -0.4 is 10.9 Å². The normalized spacial score (nSPS) is 10.9. The number of aromatic amines is 1. The van der Waals surface area contributed by atoms with Crippen LogP contribution in [0.15, 0.2) is 34.4 Å². The molecule has 0 spiro atoms. The first-order valence-electron chi connectivity index (χ1n) is 7.05. The molecule has 7 heteroatoms. The van der Waals surface area contributed by atoms with Crippen LogP contribution >= 0.6 is 11.3 Å². The number of benzene rings is 1. The maximum absolute atomic E-state index is 13.3. The topological polar surface area (TPSA) is 74.8 Å². The number of aryl methyl sites for hydroxylation is 2. The lowest BCUT2D eigenvalue weighted by Crippen LogP contribution is -2.17. The zero-order valence-corrected chi connectivity index (χ0v) is 13.2. The molecule has 0 saturated carbocycles. The van der Waals surface area contributed by atoms with Crippen LogP contribution in [0.5, 0.6) is 0 Å². The summed E-state index contributed by atoms with van der Waals surface area (Å²) in [7, 11) is 0. The van der Waals surface area contributed by atoms with Crippen LogP contribution in [0.1, 0.15) is 17.7 Å². The Kier molecular flexibility index (Phi) is 4.20. The number of halogens is 1. The second-order valence-corrected chi connectivity index (χ2v) is 6.06. The second kappa shape index (κ2) is 6.29. The van der Waals surface area contributed by atoms with E-state index in [2.05, 4.69) is 15.3 Å². The number of rotatable bonds is 4. The molecule has 1 amide bonds. The van der Waals surface area contributed by atoms with Gasteiger partial charge in [-0.2, -0.15) is 0 Å². The van der Waals surface area contributed by atoms with Gasteiger partial charge in [-0.05, 0) is 37.6 Å². The van der Waals surface area contributed by atoms with Gasteiger partial charge in [-0.1, -0.05) is 0 Å². The fourth-order valence-corrected chi connectivity index (χ4v) is 2.95. The van der Waals surface area contributed by atoms with E-state index >= 15 is 0 Å². The molecule has 2 aromatic heterocycles. The van der Waals surface area contributed by atoms with Crippen LogP contribution in [0.3, 0.4) is 0 Å². The largest absolute Gasteiger partial charge is 0.322 e. The van der Waals surface area contributed by atoms with Crippen molar-refractivity contribution >= 4 is 33.3 Å². The zero-order chi connectivity index (χ0) is 16.4. The summed E-state index contributed by atoms with van der Waals surface area (Å²) in [6.07, 6.45) is 0.431. The third-order valence-electron chi connectivity index (χ3n) is 3.37. The summed E-state index contributed by atoms with van der Waals surface area (Å²) < 4.78 is 13.3. The maximum Gasteiger partial charge on any atom is 0.251 e. The Balaban J connectivity index is 1.72. The summed E-state index contributed by atoms with van der Waals surface area (Å²) >= 11 is 1.35. The number of amides is 1. The number of aromatic nitrogens is 2. The smallest absolute Gasteiger partial charge is 0.251 e. The molecule has 0 aliphatic rings. The third-order valence-corrected chi connectivity index (χ3v) is 4.25. The van der Waals surface area contributed by atoms with Gasteiger partial charge < -0.3 is 10.3 Å². The van der Waals surface area contributed by atoms with Crippen LogP contribution in [0.4, 0.5) is 9.52 Å². The average molecular weight is 331 g/mol. The maximum atomic E-state index is 13.3. The molecular formula is C16H14FN3O2S. The van der Waals surface area contributed by atoms with Gasteiger partial charge in [0.05, 0.1) is 5.69 Å². The molecular weight excluding hydrogens is 317 g/mol. The van der Waals surface area contributed by atoms with Gasteiger partial charge in [0.1, 0.15) is 5.82 Å². The molecule has 0 radical (unpaired) electrons. The first-order chi connectivity index (χ1) is 11.0. The molecule has 3 rings (SSSR count).